The minimum absolute atomic E-state index is 0.0190. The van der Waals surface area contributed by atoms with Gasteiger partial charge in [0.05, 0.1) is 11.0 Å². The predicted molar refractivity (Wildman–Crippen MR) is 94.3 cm³/mol. The maximum absolute atomic E-state index is 12.1. The third-order valence-electron chi connectivity index (χ3n) is 4.33. The van der Waals surface area contributed by atoms with E-state index in [1.165, 1.54) is 6.07 Å². The summed E-state index contributed by atoms with van der Waals surface area (Å²) in [5.41, 5.74) is 0.680. The molecule has 25 heavy (non-hydrogen) atoms. The van der Waals surface area contributed by atoms with Crippen LogP contribution in [-0.2, 0) is 4.79 Å². The van der Waals surface area contributed by atoms with Crippen molar-refractivity contribution in [3.8, 4) is 6.07 Å². The standard InChI is InChI=1S/C17H23N5O3/c1-12(2)19-17(23)13(3)20-6-8-21(9-7-20)15-4-5-16(22(24)25)14(10-15)11-18/h4-5,10,12-13H,6-9H2,1-3H3,(H,19,23)/t13-/m0/s1. The molecule has 8 nitrogen and oxygen atoms in total. The van der Waals surface area contributed by atoms with E-state index in [0.29, 0.717) is 26.2 Å². The van der Waals surface area contributed by atoms with Gasteiger partial charge in [0.1, 0.15) is 11.6 Å². The normalized spacial score (nSPS) is 16.4. The van der Waals surface area contributed by atoms with Crippen LogP contribution in [0.25, 0.3) is 0 Å². The molecule has 0 radical (unpaired) electrons. The Kier molecular flexibility index (Phi) is 5.93. The van der Waals surface area contributed by atoms with E-state index in [-0.39, 0.29) is 29.2 Å². The maximum atomic E-state index is 12.1. The van der Waals surface area contributed by atoms with Crippen molar-refractivity contribution < 1.29 is 9.72 Å². The Bertz CT molecular complexity index is 690. The van der Waals surface area contributed by atoms with Gasteiger partial charge in [-0.25, -0.2) is 0 Å². The minimum atomic E-state index is -0.546. The molecule has 0 unspecified atom stereocenters. The van der Waals surface area contributed by atoms with Crippen molar-refractivity contribution in [3.63, 3.8) is 0 Å². The number of nitrogens with one attached hydrogen (secondary N) is 1. The molecule has 0 bridgehead atoms. The van der Waals surface area contributed by atoms with E-state index in [2.05, 4.69) is 15.1 Å². The number of hydrogen-bond acceptors (Lipinski definition) is 6. The van der Waals surface area contributed by atoms with Gasteiger partial charge in [-0.3, -0.25) is 19.8 Å². The number of nitrogens with zero attached hydrogens (tertiary/aromatic N) is 4. The third kappa shape index (κ3) is 4.45. The van der Waals surface area contributed by atoms with E-state index in [1.54, 1.807) is 12.1 Å². The zero-order chi connectivity index (χ0) is 18.6. The Morgan fingerprint density at radius 3 is 2.44 bits per heavy atom. The third-order valence-corrected chi connectivity index (χ3v) is 4.33. The fraction of sp³-hybridized carbons (Fsp3) is 0.529. The maximum Gasteiger partial charge on any atom is 0.287 e. The lowest BCUT2D eigenvalue weighted by Crippen LogP contribution is -2.54. The van der Waals surface area contributed by atoms with Crippen molar-refractivity contribution in [2.75, 3.05) is 31.1 Å². The van der Waals surface area contributed by atoms with Gasteiger partial charge in [-0.05, 0) is 32.9 Å². The Labute approximate surface area is 147 Å². The summed E-state index contributed by atoms with van der Waals surface area (Å²) in [5, 5.41) is 23.0. The van der Waals surface area contributed by atoms with Crippen LogP contribution >= 0.6 is 0 Å². The molecule has 0 aliphatic carbocycles. The lowest BCUT2D eigenvalue weighted by Gasteiger charge is -2.38. The SMILES string of the molecule is CC(C)NC(=O)[C@H](C)N1CCN(c2ccc([N+](=O)[O-])c(C#N)c2)CC1. The average Bonchev–Trinajstić information content (AvgIpc) is 2.59. The van der Waals surface area contributed by atoms with Gasteiger partial charge in [0.25, 0.3) is 5.69 Å². The number of amides is 1. The molecule has 1 saturated heterocycles. The minimum Gasteiger partial charge on any atom is -0.369 e. The number of carbonyl (C=O) groups is 1. The fourth-order valence-electron chi connectivity index (χ4n) is 2.91. The molecular weight excluding hydrogens is 322 g/mol. The van der Waals surface area contributed by atoms with E-state index < -0.39 is 4.92 Å². The van der Waals surface area contributed by atoms with Gasteiger partial charge in [0.2, 0.25) is 5.91 Å². The van der Waals surface area contributed by atoms with E-state index >= 15 is 0 Å². The molecule has 1 heterocycles. The summed E-state index contributed by atoms with van der Waals surface area (Å²) in [6.45, 7) is 8.59. The zero-order valence-corrected chi connectivity index (χ0v) is 14.7. The van der Waals surface area contributed by atoms with Crippen LogP contribution < -0.4 is 10.2 Å². The second-order valence-corrected chi connectivity index (χ2v) is 6.43. The second kappa shape index (κ2) is 7.94. The highest BCUT2D eigenvalue weighted by Crippen LogP contribution is 2.25. The molecule has 1 aromatic carbocycles. The van der Waals surface area contributed by atoms with Crippen LogP contribution in [0, 0.1) is 21.4 Å². The van der Waals surface area contributed by atoms with Crippen LogP contribution in [0.5, 0.6) is 0 Å². The van der Waals surface area contributed by atoms with Crippen molar-refractivity contribution in [3.05, 3.63) is 33.9 Å². The number of rotatable bonds is 5. The van der Waals surface area contributed by atoms with E-state index in [0.717, 1.165) is 5.69 Å². The first-order valence-electron chi connectivity index (χ1n) is 8.31. The van der Waals surface area contributed by atoms with Crippen molar-refractivity contribution in [2.45, 2.75) is 32.9 Å². The topological polar surface area (TPSA) is 103 Å². The van der Waals surface area contributed by atoms with Crippen molar-refractivity contribution in [1.29, 1.82) is 5.26 Å². The molecular formula is C17H23N5O3. The van der Waals surface area contributed by atoms with E-state index in [1.807, 2.05) is 26.8 Å². The first-order chi connectivity index (χ1) is 11.8. The van der Waals surface area contributed by atoms with Crippen LogP contribution in [0.15, 0.2) is 18.2 Å². The van der Waals surface area contributed by atoms with Crippen molar-refractivity contribution >= 4 is 17.3 Å². The molecule has 1 amide bonds. The lowest BCUT2D eigenvalue weighted by molar-refractivity contribution is -0.385. The molecule has 1 aliphatic heterocycles. The van der Waals surface area contributed by atoms with Crippen LogP contribution in [0.1, 0.15) is 26.3 Å². The van der Waals surface area contributed by atoms with Gasteiger partial charge in [0, 0.05) is 44.0 Å². The molecule has 1 aromatic rings. The van der Waals surface area contributed by atoms with Crippen LogP contribution in [0.3, 0.4) is 0 Å². The average molecular weight is 345 g/mol. The first kappa shape index (κ1) is 18.7. The molecule has 1 fully saturated rings. The molecule has 0 aromatic heterocycles. The Morgan fingerprint density at radius 2 is 1.92 bits per heavy atom. The molecule has 8 heteroatoms. The quantitative estimate of drug-likeness (QED) is 0.641. The van der Waals surface area contributed by atoms with Gasteiger partial charge in [0.15, 0.2) is 0 Å². The van der Waals surface area contributed by atoms with Gasteiger partial charge >= 0.3 is 0 Å². The number of anilines is 1. The number of piperazine rings is 1. The van der Waals surface area contributed by atoms with Crippen LogP contribution in [-0.4, -0.2) is 54.0 Å². The summed E-state index contributed by atoms with van der Waals surface area (Å²) in [4.78, 5) is 26.7. The Morgan fingerprint density at radius 1 is 1.28 bits per heavy atom. The van der Waals surface area contributed by atoms with Crippen molar-refractivity contribution in [2.24, 2.45) is 0 Å². The predicted octanol–water partition coefficient (Wildman–Crippen LogP) is 1.50. The number of nitro benzene ring substituents is 1. The van der Waals surface area contributed by atoms with Crippen LogP contribution in [0.2, 0.25) is 0 Å². The zero-order valence-electron chi connectivity index (χ0n) is 14.7. The highest BCUT2D eigenvalue weighted by Gasteiger charge is 2.26. The Hall–Kier alpha value is -2.66. The molecule has 1 atom stereocenters. The molecule has 2 rings (SSSR count). The van der Waals surface area contributed by atoms with Gasteiger partial charge < -0.3 is 10.2 Å². The summed E-state index contributed by atoms with van der Waals surface area (Å²) in [6.07, 6.45) is 0. The molecule has 0 spiro atoms. The Balaban J connectivity index is 2.02. The summed E-state index contributed by atoms with van der Waals surface area (Å²) in [6, 6.07) is 6.40. The fourth-order valence-corrected chi connectivity index (χ4v) is 2.91. The first-order valence-corrected chi connectivity index (χ1v) is 8.31. The number of carbonyl (C=O) groups excluding carboxylic acids is 1. The number of nitro groups is 1. The number of nitriles is 1. The summed E-state index contributed by atoms with van der Waals surface area (Å²) >= 11 is 0. The van der Waals surface area contributed by atoms with Crippen molar-refractivity contribution in [1.82, 2.24) is 10.2 Å². The van der Waals surface area contributed by atoms with Gasteiger partial charge in [-0.1, -0.05) is 0 Å². The largest absolute Gasteiger partial charge is 0.369 e. The van der Waals surface area contributed by atoms with E-state index in [4.69, 9.17) is 5.26 Å². The molecule has 0 saturated carbocycles. The summed E-state index contributed by atoms with van der Waals surface area (Å²) < 4.78 is 0. The number of hydrogen-bond donors (Lipinski definition) is 1. The van der Waals surface area contributed by atoms with E-state index in [9.17, 15) is 14.9 Å². The molecule has 134 valence electrons. The van der Waals surface area contributed by atoms with Gasteiger partial charge in [-0.2, -0.15) is 5.26 Å². The van der Waals surface area contributed by atoms with Gasteiger partial charge in [-0.15, -0.1) is 0 Å². The number of benzene rings is 1. The summed E-state index contributed by atoms with van der Waals surface area (Å²) in [5.74, 6) is 0.0190. The lowest BCUT2D eigenvalue weighted by atomic mass is 10.1. The van der Waals surface area contributed by atoms with Crippen LogP contribution in [0.4, 0.5) is 11.4 Å². The summed E-state index contributed by atoms with van der Waals surface area (Å²) in [7, 11) is 0. The monoisotopic (exact) mass is 345 g/mol. The second-order valence-electron chi connectivity index (χ2n) is 6.43. The smallest absolute Gasteiger partial charge is 0.287 e. The highest BCUT2D eigenvalue weighted by molar-refractivity contribution is 5.81. The molecule has 1 N–H and O–H groups in total. The highest BCUT2D eigenvalue weighted by atomic mass is 16.6. The molecule has 1 aliphatic rings.